The van der Waals surface area contributed by atoms with Crippen molar-refractivity contribution in [3.05, 3.63) is 35.4 Å². The molecule has 13 heavy (non-hydrogen) atoms. The van der Waals surface area contributed by atoms with Crippen LogP contribution in [-0.2, 0) is 12.6 Å². The zero-order valence-electron chi connectivity index (χ0n) is 6.56. The molecule has 0 aliphatic carbocycles. The van der Waals surface area contributed by atoms with E-state index in [2.05, 4.69) is 17.6 Å². The van der Waals surface area contributed by atoms with Gasteiger partial charge in [0.05, 0.1) is 5.56 Å². The molecule has 0 atom stereocenters. The Morgan fingerprint density at radius 3 is 2.08 bits per heavy atom. The predicted molar refractivity (Wildman–Crippen MR) is 47.7 cm³/mol. The lowest BCUT2D eigenvalue weighted by atomic mass is 10.1. The number of alkyl halides is 3. The number of thiocarbonyl (C=S) groups is 1. The quantitative estimate of drug-likeness (QED) is 0.665. The first-order valence-corrected chi connectivity index (χ1v) is 3.96. The molecule has 0 fully saturated rings. The van der Waals surface area contributed by atoms with Gasteiger partial charge >= 0.3 is 6.18 Å². The summed E-state index contributed by atoms with van der Waals surface area (Å²) in [6.07, 6.45) is -3.87. The van der Waals surface area contributed by atoms with Crippen molar-refractivity contribution in [2.45, 2.75) is 12.6 Å². The summed E-state index contributed by atoms with van der Waals surface area (Å²) in [5.74, 6) is 0. The van der Waals surface area contributed by atoms with Crippen LogP contribution in [0.5, 0.6) is 0 Å². The molecule has 0 amide bonds. The molecule has 0 aliphatic rings. The van der Waals surface area contributed by atoms with Crippen LogP contribution in [0.2, 0.25) is 0 Å². The van der Waals surface area contributed by atoms with Gasteiger partial charge < -0.3 is 0 Å². The Labute approximate surface area is 79.4 Å². The van der Waals surface area contributed by atoms with Gasteiger partial charge in [0.1, 0.15) is 0 Å². The van der Waals surface area contributed by atoms with Crippen LogP contribution in [0.1, 0.15) is 11.1 Å². The van der Waals surface area contributed by atoms with E-state index in [-0.39, 0.29) is 0 Å². The van der Waals surface area contributed by atoms with Gasteiger partial charge in [-0.15, -0.1) is 0 Å². The lowest BCUT2D eigenvalue weighted by molar-refractivity contribution is -0.137. The molecule has 0 spiro atoms. The lowest BCUT2D eigenvalue weighted by Gasteiger charge is -2.06. The summed E-state index contributed by atoms with van der Waals surface area (Å²) in [5, 5.41) is 2.44. The van der Waals surface area contributed by atoms with E-state index in [1.807, 2.05) is 0 Å². The Morgan fingerprint density at radius 1 is 1.15 bits per heavy atom. The molecule has 0 bridgehead atoms. The van der Waals surface area contributed by atoms with Crippen LogP contribution in [0.4, 0.5) is 13.2 Å². The summed E-state index contributed by atoms with van der Waals surface area (Å²) in [4.78, 5) is 0. The van der Waals surface area contributed by atoms with Crippen molar-refractivity contribution in [2.75, 3.05) is 0 Å². The summed E-state index contributed by atoms with van der Waals surface area (Å²) in [6.45, 7) is 0. The van der Waals surface area contributed by atoms with Crippen LogP contribution in [0, 0.1) is 0 Å². The fraction of sp³-hybridized carbons (Fsp3) is 0.222. The lowest BCUT2D eigenvalue weighted by Crippen LogP contribution is -2.04. The van der Waals surface area contributed by atoms with E-state index < -0.39 is 11.7 Å². The highest BCUT2D eigenvalue weighted by atomic mass is 32.1. The van der Waals surface area contributed by atoms with E-state index >= 15 is 0 Å². The minimum Gasteiger partial charge on any atom is -0.166 e. The molecule has 1 aromatic carbocycles. The number of hydrogen-bond donors (Lipinski definition) is 0. The van der Waals surface area contributed by atoms with Crippen molar-refractivity contribution in [3.8, 4) is 0 Å². The smallest absolute Gasteiger partial charge is 0.166 e. The van der Waals surface area contributed by atoms with Crippen molar-refractivity contribution >= 4 is 17.6 Å². The van der Waals surface area contributed by atoms with Gasteiger partial charge in [-0.25, -0.2) is 0 Å². The summed E-state index contributed by atoms with van der Waals surface area (Å²) in [5.41, 5.74) is 0.101. The fourth-order valence-corrected chi connectivity index (χ4v) is 1.06. The van der Waals surface area contributed by atoms with E-state index in [1.54, 1.807) is 0 Å². The van der Waals surface area contributed by atoms with Crippen LogP contribution >= 0.6 is 12.2 Å². The molecular formula is C9H6F3S. The van der Waals surface area contributed by atoms with Gasteiger partial charge in [0, 0.05) is 11.8 Å². The first kappa shape index (κ1) is 10.2. The largest absolute Gasteiger partial charge is 0.416 e. The second-order valence-electron chi connectivity index (χ2n) is 2.52. The second kappa shape index (κ2) is 3.87. The first-order valence-electron chi connectivity index (χ1n) is 3.55. The molecule has 0 saturated carbocycles. The molecule has 0 unspecified atom stereocenters. The van der Waals surface area contributed by atoms with Gasteiger partial charge in [0.15, 0.2) is 0 Å². The Morgan fingerprint density at radius 2 is 1.69 bits per heavy atom. The third-order valence-corrected chi connectivity index (χ3v) is 1.70. The monoisotopic (exact) mass is 203 g/mol. The molecule has 1 aromatic rings. The molecule has 0 aromatic heterocycles. The van der Waals surface area contributed by atoms with Gasteiger partial charge in [0.25, 0.3) is 0 Å². The summed E-state index contributed by atoms with van der Waals surface area (Å²) in [6, 6.07) is 4.90. The molecule has 1 rings (SSSR count). The molecule has 0 saturated heterocycles. The number of benzene rings is 1. The first-order chi connectivity index (χ1) is 6.04. The van der Waals surface area contributed by atoms with Crippen LogP contribution in [-0.4, -0.2) is 5.37 Å². The molecular weight excluding hydrogens is 197 g/mol. The van der Waals surface area contributed by atoms with Gasteiger partial charge in [0.2, 0.25) is 0 Å². The number of hydrogen-bond acceptors (Lipinski definition) is 1. The maximum atomic E-state index is 12.1. The average molecular weight is 203 g/mol. The molecule has 0 N–H and O–H groups in total. The van der Waals surface area contributed by atoms with Crippen molar-refractivity contribution in [3.63, 3.8) is 0 Å². The Kier molecular flexibility index (Phi) is 3.03. The Balaban J connectivity index is 2.87. The van der Waals surface area contributed by atoms with Crippen LogP contribution < -0.4 is 0 Å². The average Bonchev–Trinajstić information content (AvgIpc) is 2.04. The standard InChI is InChI=1S/C9H6F3S/c10-9(11,12)8-3-1-7(2-4-8)5-6-13/h1-4H,5H2. The third-order valence-electron chi connectivity index (χ3n) is 1.56. The topological polar surface area (TPSA) is 0 Å². The van der Waals surface area contributed by atoms with E-state index in [1.165, 1.54) is 12.1 Å². The minimum absolute atomic E-state index is 0.396. The van der Waals surface area contributed by atoms with E-state index in [0.717, 1.165) is 17.7 Å². The van der Waals surface area contributed by atoms with Gasteiger partial charge in [-0.3, -0.25) is 0 Å². The van der Waals surface area contributed by atoms with Crippen LogP contribution in [0.3, 0.4) is 0 Å². The highest BCUT2D eigenvalue weighted by Gasteiger charge is 2.29. The Bertz CT molecular complexity index is 287. The van der Waals surface area contributed by atoms with Crippen molar-refractivity contribution in [1.82, 2.24) is 0 Å². The molecule has 4 heteroatoms. The van der Waals surface area contributed by atoms with Crippen molar-refractivity contribution < 1.29 is 13.2 Å². The molecule has 1 radical (unpaired) electrons. The van der Waals surface area contributed by atoms with E-state index in [0.29, 0.717) is 6.42 Å². The molecule has 0 heterocycles. The van der Waals surface area contributed by atoms with Crippen LogP contribution in [0.15, 0.2) is 24.3 Å². The Hall–Kier alpha value is -0.900. The zero-order valence-corrected chi connectivity index (χ0v) is 7.38. The van der Waals surface area contributed by atoms with Crippen molar-refractivity contribution in [2.24, 2.45) is 0 Å². The predicted octanol–water partition coefficient (Wildman–Crippen LogP) is 3.12. The van der Waals surface area contributed by atoms with Crippen LogP contribution in [0.25, 0.3) is 0 Å². The summed E-state index contributed by atoms with van der Waals surface area (Å²) >= 11 is 4.47. The molecule has 0 aliphatic heterocycles. The summed E-state index contributed by atoms with van der Waals surface area (Å²) in [7, 11) is 0. The highest BCUT2D eigenvalue weighted by Crippen LogP contribution is 2.28. The second-order valence-corrected chi connectivity index (χ2v) is 2.80. The third kappa shape index (κ3) is 2.81. The van der Waals surface area contributed by atoms with E-state index in [9.17, 15) is 13.2 Å². The minimum atomic E-state index is -4.26. The maximum absolute atomic E-state index is 12.1. The van der Waals surface area contributed by atoms with Gasteiger partial charge in [-0.05, 0) is 17.7 Å². The zero-order chi connectivity index (χ0) is 9.90. The number of rotatable bonds is 2. The van der Waals surface area contributed by atoms with Crippen molar-refractivity contribution in [1.29, 1.82) is 0 Å². The molecule has 0 nitrogen and oxygen atoms in total. The van der Waals surface area contributed by atoms with E-state index in [4.69, 9.17) is 0 Å². The fourth-order valence-electron chi connectivity index (χ4n) is 0.895. The highest BCUT2D eigenvalue weighted by molar-refractivity contribution is 7.78. The summed E-state index contributed by atoms with van der Waals surface area (Å²) < 4.78 is 36.2. The maximum Gasteiger partial charge on any atom is 0.416 e. The van der Waals surface area contributed by atoms with Gasteiger partial charge in [-0.1, -0.05) is 24.4 Å². The SMILES string of the molecule is FC(F)(F)c1ccc(C[C]=S)cc1. The molecule has 69 valence electrons. The normalized spacial score (nSPS) is 11.3. The van der Waals surface area contributed by atoms with Gasteiger partial charge in [-0.2, -0.15) is 13.2 Å². The number of halogens is 3.